The van der Waals surface area contributed by atoms with Gasteiger partial charge in [-0.3, -0.25) is 9.88 Å². The lowest BCUT2D eigenvalue weighted by molar-refractivity contribution is 0.0329. The molecule has 3 rings (SSSR count). The Morgan fingerprint density at radius 3 is 2.52 bits per heavy atom. The first kappa shape index (κ1) is 19.1. The third-order valence-electron chi connectivity index (χ3n) is 4.34. The summed E-state index contributed by atoms with van der Waals surface area (Å²) >= 11 is 0. The molecule has 1 amide bonds. The Labute approximate surface area is 159 Å². The van der Waals surface area contributed by atoms with Gasteiger partial charge in [-0.2, -0.15) is 0 Å². The van der Waals surface area contributed by atoms with Crippen molar-refractivity contribution in [1.82, 2.24) is 9.88 Å². The van der Waals surface area contributed by atoms with Crippen LogP contribution in [0.1, 0.15) is 44.9 Å². The van der Waals surface area contributed by atoms with Crippen molar-refractivity contribution >= 4 is 11.7 Å². The third kappa shape index (κ3) is 4.73. The monoisotopic (exact) mass is 368 g/mol. The molecule has 4 nitrogen and oxygen atoms in total. The molecule has 1 aromatic heterocycles. The Kier molecular flexibility index (Phi) is 5.31. The second-order valence-corrected chi connectivity index (χ2v) is 7.83. The van der Waals surface area contributed by atoms with Crippen molar-refractivity contribution in [3.63, 3.8) is 0 Å². The van der Waals surface area contributed by atoms with Crippen LogP contribution in [0.3, 0.4) is 0 Å². The second kappa shape index (κ2) is 7.51. The molecule has 5 heteroatoms. The average Bonchev–Trinajstić information content (AvgIpc) is 2.61. The number of nitrogens with zero attached hydrogens (tertiary/aromatic N) is 2. The zero-order valence-electron chi connectivity index (χ0n) is 16.3. The molecule has 0 spiro atoms. The maximum atomic E-state index is 13.1. The summed E-state index contributed by atoms with van der Waals surface area (Å²) in [6.45, 7) is 8.23. The predicted molar refractivity (Wildman–Crippen MR) is 105 cm³/mol. The van der Waals surface area contributed by atoms with E-state index in [-0.39, 0.29) is 11.9 Å². The number of rotatable bonds is 2. The van der Waals surface area contributed by atoms with Crippen molar-refractivity contribution in [2.45, 2.75) is 46.1 Å². The number of hydrogen-bond acceptors (Lipinski definition) is 3. The van der Waals surface area contributed by atoms with Gasteiger partial charge in [0.2, 0.25) is 0 Å². The van der Waals surface area contributed by atoms with E-state index in [0.717, 1.165) is 40.8 Å². The molecule has 2 aromatic rings. The van der Waals surface area contributed by atoms with Gasteiger partial charge < -0.3 is 4.74 Å². The Balaban J connectivity index is 1.85. The minimum absolute atomic E-state index is 0.255. The lowest BCUT2D eigenvalue weighted by Gasteiger charge is -2.28. The SMILES string of the molecule is Cc1cc(-c2ccc(F)cc2)cnc1C1=CN(C(=O)OC(C)(C)C)CCC1. The molecule has 27 heavy (non-hydrogen) atoms. The summed E-state index contributed by atoms with van der Waals surface area (Å²) in [5, 5.41) is 0. The molecule has 0 fully saturated rings. The number of carbonyl (C=O) groups is 1. The number of aromatic nitrogens is 1. The fourth-order valence-corrected chi connectivity index (χ4v) is 3.11. The highest BCUT2D eigenvalue weighted by molar-refractivity contribution is 5.75. The van der Waals surface area contributed by atoms with Crippen LogP contribution in [0.5, 0.6) is 0 Å². The fourth-order valence-electron chi connectivity index (χ4n) is 3.11. The average molecular weight is 368 g/mol. The quantitative estimate of drug-likeness (QED) is 0.696. The molecule has 0 bridgehead atoms. The second-order valence-electron chi connectivity index (χ2n) is 7.83. The van der Waals surface area contributed by atoms with Gasteiger partial charge >= 0.3 is 6.09 Å². The summed E-state index contributed by atoms with van der Waals surface area (Å²) in [4.78, 5) is 18.6. The number of hydrogen-bond donors (Lipinski definition) is 0. The van der Waals surface area contributed by atoms with Crippen molar-refractivity contribution in [3.8, 4) is 11.1 Å². The van der Waals surface area contributed by atoms with Crippen LogP contribution in [0.15, 0.2) is 42.7 Å². The molecule has 0 unspecified atom stereocenters. The van der Waals surface area contributed by atoms with E-state index in [1.807, 2.05) is 40.0 Å². The van der Waals surface area contributed by atoms with E-state index in [4.69, 9.17) is 4.74 Å². The number of ether oxygens (including phenoxy) is 1. The summed E-state index contributed by atoms with van der Waals surface area (Å²) in [6.07, 6.45) is 5.04. The third-order valence-corrected chi connectivity index (χ3v) is 4.34. The van der Waals surface area contributed by atoms with E-state index in [2.05, 4.69) is 4.98 Å². The number of halogens is 1. The Hall–Kier alpha value is -2.69. The molecule has 1 aromatic carbocycles. The molecule has 0 aliphatic carbocycles. The Bertz CT molecular complexity index is 867. The lowest BCUT2D eigenvalue weighted by atomic mass is 9.98. The number of pyridine rings is 1. The molecular formula is C22H25FN2O2. The standard InChI is InChI=1S/C22H25FN2O2/c1-15-12-18(16-7-9-19(23)10-8-16)13-24-20(15)17-6-5-11-25(14-17)21(26)27-22(2,3)4/h7-10,12-14H,5-6,11H2,1-4H3. The largest absolute Gasteiger partial charge is 0.443 e. The van der Waals surface area contributed by atoms with Gasteiger partial charge in [0.1, 0.15) is 11.4 Å². The van der Waals surface area contributed by atoms with Crippen LogP contribution in [-0.4, -0.2) is 28.1 Å². The van der Waals surface area contributed by atoms with E-state index in [1.165, 1.54) is 12.1 Å². The van der Waals surface area contributed by atoms with Crippen molar-refractivity contribution < 1.29 is 13.9 Å². The van der Waals surface area contributed by atoms with Gasteiger partial charge in [0, 0.05) is 24.5 Å². The number of carbonyl (C=O) groups excluding carboxylic acids is 1. The summed E-state index contributed by atoms with van der Waals surface area (Å²) in [6, 6.07) is 8.43. The van der Waals surface area contributed by atoms with Crippen molar-refractivity contribution in [3.05, 3.63) is 59.8 Å². The molecule has 0 radical (unpaired) electrons. The summed E-state index contributed by atoms with van der Waals surface area (Å²) in [5.74, 6) is -0.255. The Morgan fingerprint density at radius 2 is 1.89 bits per heavy atom. The highest BCUT2D eigenvalue weighted by atomic mass is 19.1. The lowest BCUT2D eigenvalue weighted by Crippen LogP contribution is -2.35. The van der Waals surface area contributed by atoms with E-state index < -0.39 is 5.60 Å². The van der Waals surface area contributed by atoms with E-state index in [9.17, 15) is 9.18 Å². The van der Waals surface area contributed by atoms with E-state index in [1.54, 1.807) is 23.2 Å². The molecule has 142 valence electrons. The van der Waals surface area contributed by atoms with Crippen LogP contribution < -0.4 is 0 Å². The molecule has 0 N–H and O–H groups in total. The molecule has 0 saturated carbocycles. The normalized spacial score (nSPS) is 14.7. The number of allylic oxidation sites excluding steroid dienone is 1. The number of aryl methyl sites for hydroxylation is 1. The molecular weight excluding hydrogens is 343 g/mol. The van der Waals surface area contributed by atoms with Crippen molar-refractivity contribution in [2.24, 2.45) is 0 Å². The van der Waals surface area contributed by atoms with Crippen LogP contribution in [-0.2, 0) is 4.74 Å². The maximum absolute atomic E-state index is 13.1. The predicted octanol–water partition coefficient (Wildman–Crippen LogP) is 5.57. The van der Waals surface area contributed by atoms with Gasteiger partial charge in [0.25, 0.3) is 0 Å². The first-order chi connectivity index (χ1) is 12.7. The van der Waals surface area contributed by atoms with E-state index >= 15 is 0 Å². The molecule has 2 heterocycles. The smallest absolute Gasteiger partial charge is 0.414 e. The van der Waals surface area contributed by atoms with Crippen LogP contribution >= 0.6 is 0 Å². The number of benzene rings is 1. The van der Waals surface area contributed by atoms with Gasteiger partial charge in [-0.05, 0) is 75.4 Å². The van der Waals surface area contributed by atoms with Gasteiger partial charge in [-0.25, -0.2) is 9.18 Å². The molecule has 0 atom stereocenters. The van der Waals surface area contributed by atoms with E-state index in [0.29, 0.717) is 6.54 Å². The van der Waals surface area contributed by atoms with Gasteiger partial charge in [0.15, 0.2) is 0 Å². The van der Waals surface area contributed by atoms with Crippen LogP contribution in [0.2, 0.25) is 0 Å². The first-order valence-electron chi connectivity index (χ1n) is 9.16. The molecule has 0 saturated heterocycles. The summed E-state index contributed by atoms with van der Waals surface area (Å²) in [5.41, 5.74) is 4.27. The molecule has 1 aliphatic rings. The highest BCUT2D eigenvalue weighted by Crippen LogP contribution is 2.29. The highest BCUT2D eigenvalue weighted by Gasteiger charge is 2.24. The van der Waals surface area contributed by atoms with Crippen LogP contribution in [0.25, 0.3) is 16.7 Å². The maximum Gasteiger partial charge on any atom is 0.414 e. The number of amides is 1. The van der Waals surface area contributed by atoms with Crippen molar-refractivity contribution in [1.29, 1.82) is 0 Å². The van der Waals surface area contributed by atoms with Crippen LogP contribution in [0, 0.1) is 12.7 Å². The molecule has 1 aliphatic heterocycles. The fraction of sp³-hybridized carbons (Fsp3) is 0.364. The van der Waals surface area contributed by atoms with Crippen molar-refractivity contribution in [2.75, 3.05) is 6.54 Å². The van der Waals surface area contributed by atoms with Gasteiger partial charge in [-0.1, -0.05) is 12.1 Å². The zero-order chi connectivity index (χ0) is 19.6. The van der Waals surface area contributed by atoms with Crippen LogP contribution in [0.4, 0.5) is 9.18 Å². The zero-order valence-corrected chi connectivity index (χ0v) is 16.3. The summed E-state index contributed by atoms with van der Waals surface area (Å²) < 4.78 is 18.6. The Morgan fingerprint density at radius 1 is 1.19 bits per heavy atom. The van der Waals surface area contributed by atoms with Gasteiger partial charge in [0.05, 0.1) is 5.69 Å². The minimum atomic E-state index is -0.520. The van der Waals surface area contributed by atoms with Gasteiger partial charge in [-0.15, -0.1) is 0 Å². The minimum Gasteiger partial charge on any atom is -0.443 e. The first-order valence-corrected chi connectivity index (χ1v) is 9.16. The summed E-state index contributed by atoms with van der Waals surface area (Å²) in [7, 11) is 0. The topological polar surface area (TPSA) is 42.4 Å².